The van der Waals surface area contributed by atoms with Crippen molar-refractivity contribution in [2.45, 2.75) is 116 Å². The number of aliphatic hydroxyl groups excluding tert-OH is 1. The van der Waals surface area contributed by atoms with Gasteiger partial charge in [0.2, 0.25) is 0 Å². The fraction of sp³-hybridized carbons (Fsp3) is 0.864. The average molecular weight is 501 g/mol. The van der Waals surface area contributed by atoms with Crippen molar-refractivity contribution < 1.29 is 36.4 Å². The molecule has 2 atom stereocenters. The summed E-state index contributed by atoms with van der Waals surface area (Å²) in [6, 6.07) is 0. The molecule has 0 fully saturated rings. The number of allylic oxidation sites excluding steroid dienone is 1. The molecule has 10 heteroatoms. The molecule has 8 nitrogen and oxygen atoms in total. The molecular formula is C22H44O8S2. The van der Waals surface area contributed by atoms with Crippen LogP contribution >= 0.6 is 0 Å². The first kappa shape index (κ1) is 33.4. The zero-order valence-corrected chi connectivity index (χ0v) is 21.4. The van der Waals surface area contributed by atoms with Crippen LogP contribution in [-0.2, 0) is 28.8 Å². The lowest BCUT2D eigenvalue weighted by molar-refractivity contribution is -0.143. The summed E-state index contributed by atoms with van der Waals surface area (Å²) >= 11 is 0. The first-order valence-electron chi connectivity index (χ1n) is 11.7. The topological polar surface area (TPSA) is 138 Å². The van der Waals surface area contributed by atoms with E-state index in [1.165, 1.54) is 38.5 Å². The molecule has 3 N–H and O–H groups in total. The molecule has 0 radical (unpaired) electrons. The van der Waals surface area contributed by atoms with Gasteiger partial charge in [-0.25, -0.2) is 4.21 Å². The third kappa shape index (κ3) is 27.2. The van der Waals surface area contributed by atoms with Crippen LogP contribution in [0.25, 0.3) is 0 Å². The van der Waals surface area contributed by atoms with Crippen LogP contribution in [0.1, 0.15) is 110 Å². The molecule has 0 aromatic carbocycles. The van der Waals surface area contributed by atoms with Gasteiger partial charge in [-0.1, -0.05) is 77.4 Å². The van der Waals surface area contributed by atoms with E-state index in [1.807, 2.05) is 0 Å². The predicted octanol–water partition coefficient (Wildman–Crippen LogP) is 5.35. The van der Waals surface area contributed by atoms with E-state index in [-0.39, 0.29) is 12.1 Å². The fourth-order valence-corrected chi connectivity index (χ4v) is 2.76. The summed E-state index contributed by atoms with van der Waals surface area (Å²) in [6.45, 7) is 4.89. The maximum absolute atomic E-state index is 11.4. The minimum absolute atomic E-state index is 0.0374. The Kier molecular flexibility index (Phi) is 24.3. The van der Waals surface area contributed by atoms with E-state index in [1.54, 1.807) is 0 Å². The number of esters is 1. The van der Waals surface area contributed by atoms with Crippen LogP contribution in [0.15, 0.2) is 12.2 Å². The summed E-state index contributed by atoms with van der Waals surface area (Å²) in [5.41, 5.74) is 0. The summed E-state index contributed by atoms with van der Waals surface area (Å²) in [7, 11) is -7.87. The minimum Gasteiger partial charge on any atom is -0.466 e. The van der Waals surface area contributed by atoms with Crippen LogP contribution in [0.4, 0.5) is 0 Å². The van der Waals surface area contributed by atoms with E-state index in [0.717, 1.165) is 51.4 Å². The van der Waals surface area contributed by atoms with E-state index in [0.29, 0.717) is 13.0 Å². The number of aliphatic hydroxyl groups is 1. The van der Waals surface area contributed by atoms with Crippen molar-refractivity contribution in [2.75, 3.05) is 6.61 Å². The van der Waals surface area contributed by atoms with Gasteiger partial charge in [0, 0.05) is 6.42 Å². The Morgan fingerprint density at radius 3 is 2.09 bits per heavy atom. The molecule has 192 valence electrons. The van der Waals surface area contributed by atoms with Crippen molar-refractivity contribution in [2.24, 2.45) is 0 Å². The fourth-order valence-electron chi connectivity index (χ4n) is 2.76. The van der Waals surface area contributed by atoms with Crippen LogP contribution in [-0.4, -0.2) is 45.5 Å². The number of ether oxygens (including phenoxy) is 1. The molecular weight excluding hydrogens is 456 g/mol. The van der Waals surface area contributed by atoms with Gasteiger partial charge in [0.15, 0.2) is 0 Å². The minimum atomic E-state index is -4.71. The molecule has 0 aliphatic heterocycles. The Balaban J connectivity index is 0. The number of hydrogen-bond donors (Lipinski definition) is 3. The summed E-state index contributed by atoms with van der Waals surface area (Å²) < 4.78 is 48.1. The SMILES string of the molecule is CCCCCCC(O)C/C=C\CCCCCCCC(=O)OCCCC.O=S(O)S(=O)(=O)O. The molecule has 0 saturated heterocycles. The number of carbonyl (C=O) groups is 1. The van der Waals surface area contributed by atoms with Gasteiger partial charge in [0.1, 0.15) is 0 Å². The van der Waals surface area contributed by atoms with E-state index in [4.69, 9.17) is 13.8 Å². The monoisotopic (exact) mass is 500 g/mol. The van der Waals surface area contributed by atoms with Gasteiger partial charge in [0.25, 0.3) is 0 Å². The highest BCUT2D eigenvalue weighted by Crippen LogP contribution is 2.10. The van der Waals surface area contributed by atoms with E-state index >= 15 is 0 Å². The van der Waals surface area contributed by atoms with Crippen molar-refractivity contribution in [3.63, 3.8) is 0 Å². The highest BCUT2D eigenvalue weighted by atomic mass is 33.2. The number of hydrogen-bond acceptors (Lipinski definition) is 6. The van der Waals surface area contributed by atoms with Crippen molar-refractivity contribution in [3.8, 4) is 0 Å². The Morgan fingerprint density at radius 2 is 1.50 bits per heavy atom. The van der Waals surface area contributed by atoms with E-state index in [2.05, 4.69) is 26.0 Å². The summed E-state index contributed by atoms with van der Waals surface area (Å²) in [5, 5.41) is 9.87. The molecule has 32 heavy (non-hydrogen) atoms. The smallest absolute Gasteiger partial charge is 0.373 e. The molecule has 0 aliphatic carbocycles. The normalized spacial score (nSPS) is 13.4. The molecule has 0 bridgehead atoms. The maximum atomic E-state index is 11.4. The Hall–Kier alpha value is -0.810. The van der Waals surface area contributed by atoms with Crippen molar-refractivity contribution in [1.29, 1.82) is 0 Å². The second-order valence-corrected chi connectivity index (χ2v) is 11.1. The Morgan fingerprint density at radius 1 is 0.938 bits per heavy atom. The van der Waals surface area contributed by atoms with Crippen LogP contribution in [0.2, 0.25) is 0 Å². The van der Waals surface area contributed by atoms with Crippen LogP contribution in [0, 0.1) is 0 Å². The largest absolute Gasteiger partial charge is 0.466 e. The molecule has 0 aromatic rings. The molecule has 2 unspecified atom stereocenters. The quantitative estimate of drug-likeness (QED) is 0.0539. The first-order chi connectivity index (χ1) is 15.1. The zero-order chi connectivity index (χ0) is 24.7. The molecule has 0 heterocycles. The lowest BCUT2D eigenvalue weighted by Crippen LogP contribution is -2.05. The van der Waals surface area contributed by atoms with Crippen LogP contribution < -0.4 is 0 Å². The number of unbranched alkanes of at least 4 members (excludes halogenated alkanes) is 9. The van der Waals surface area contributed by atoms with Crippen molar-refractivity contribution >= 4 is 25.2 Å². The van der Waals surface area contributed by atoms with Gasteiger partial charge < -0.3 is 9.84 Å². The standard InChI is InChI=1S/C22H42O3.H2O5S2/c1-3-5-7-14-17-21(23)18-15-12-10-8-9-11-13-16-19-22(24)25-20-6-4-2;1-6(2)7(3,4)5/h12,15,21,23H,3-11,13-14,16-20H2,1-2H3;(H,1,2)(H,3,4,5)/b15-12-;. The van der Waals surface area contributed by atoms with E-state index in [9.17, 15) is 22.5 Å². The third-order valence-electron chi connectivity index (χ3n) is 4.66. The number of rotatable bonds is 19. The zero-order valence-electron chi connectivity index (χ0n) is 19.7. The molecule has 0 spiro atoms. The van der Waals surface area contributed by atoms with Gasteiger partial charge in [0.05, 0.1) is 12.7 Å². The lowest BCUT2D eigenvalue weighted by Gasteiger charge is -2.07. The molecule has 0 aromatic heterocycles. The van der Waals surface area contributed by atoms with Gasteiger partial charge in [-0.05, 0) is 38.5 Å². The maximum Gasteiger partial charge on any atom is 0.373 e. The van der Waals surface area contributed by atoms with Crippen molar-refractivity contribution in [1.82, 2.24) is 0 Å². The average Bonchev–Trinajstić information content (AvgIpc) is 2.72. The van der Waals surface area contributed by atoms with Gasteiger partial charge in [-0.3, -0.25) is 13.9 Å². The van der Waals surface area contributed by atoms with Gasteiger partial charge in [-0.15, -0.1) is 0 Å². The molecule has 0 saturated carbocycles. The highest BCUT2D eigenvalue weighted by molar-refractivity contribution is 8.59. The first-order valence-corrected chi connectivity index (χ1v) is 14.8. The van der Waals surface area contributed by atoms with Crippen LogP contribution in [0.5, 0.6) is 0 Å². The molecule has 0 aliphatic rings. The number of carbonyl (C=O) groups excluding carboxylic acids is 1. The summed E-state index contributed by atoms with van der Waals surface area (Å²) in [4.78, 5) is 11.4. The van der Waals surface area contributed by atoms with Gasteiger partial charge in [-0.2, -0.15) is 8.42 Å². The molecule has 0 rings (SSSR count). The van der Waals surface area contributed by atoms with Gasteiger partial charge >= 0.3 is 25.2 Å². The second kappa shape index (κ2) is 23.4. The third-order valence-corrected chi connectivity index (χ3v) is 6.10. The molecule has 0 amide bonds. The summed E-state index contributed by atoms with van der Waals surface area (Å²) in [5.74, 6) is -0.0374. The van der Waals surface area contributed by atoms with E-state index < -0.39 is 19.3 Å². The second-order valence-electron chi connectivity index (χ2n) is 7.74. The summed E-state index contributed by atoms with van der Waals surface area (Å²) in [6.07, 6.45) is 20.2. The predicted molar refractivity (Wildman–Crippen MR) is 129 cm³/mol. The highest BCUT2D eigenvalue weighted by Gasteiger charge is 2.10. The van der Waals surface area contributed by atoms with Crippen molar-refractivity contribution in [3.05, 3.63) is 12.2 Å². The van der Waals surface area contributed by atoms with Crippen LogP contribution in [0.3, 0.4) is 0 Å². The Labute approximate surface area is 196 Å². The Bertz CT molecular complexity index is 591. The lowest BCUT2D eigenvalue weighted by atomic mass is 10.1.